The quantitative estimate of drug-likeness (QED) is 0.630. The zero-order chi connectivity index (χ0) is 15.3. The molecule has 3 amide bonds. The molecule has 1 rings (SSSR count). The Morgan fingerprint density at radius 3 is 2.35 bits per heavy atom. The molecular weight excluding hydrogens is 262 g/mol. The number of likely N-dealkylation sites (N-methyl/N-ethyl adjacent to an activating group) is 1. The third-order valence-electron chi connectivity index (χ3n) is 2.97. The van der Waals surface area contributed by atoms with E-state index >= 15 is 0 Å². The van der Waals surface area contributed by atoms with Gasteiger partial charge < -0.3 is 20.6 Å². The van der Waals surface area contributed by atoms with E-state index in [1.54, 1.807) is 0 Å². The van der Waals surface area contributed by atoms with Gasteiger partial charge in [0.1, 0.15) is 12.6 Å². The van der Waals surface area contributed by atoms with Crippen LogP contribution in [0.3, 0.4) is 0 Å². The number of hydrogen-bond donors (Lipinski definition) is 3. The van der Waals surface area contributed by atoms with Crippen molar-refractivity contribution < 1.29 is 19.5 Å². The molecule has 0 aromatic rings. The average Bonchev–Trinajstić information content (AvgIpc) is 3.10. The summed E-state index contributed by atoms with van der Waals surface area (Å²) in [5.74, 6) is -1.14. The van der Waals surface area contributed by atoms with Gasteiger partial charge in [0, 0.05) is 13.1 Å². The molecule has 1 fully saturated rings. The van der Waals surface area contributed by atoms with Crippen LogP contribution in [0, 0.1) is 5.92 Å². The second-order valence-electron chi connectivity index (χ2n) is 5.67. The maximum Gasteiger partial charge on any atom is 0.326 e. The molecule has 1 saturated carbocycles. The van der Waals surface area contributed by atoms with Gasteiger partial charge >= 0.3 is 12.0 Å². The lowest BCUT2D eigenvalue weighted by atomic mass is 10.0. The Labute approximate surface area is 118 Å². The van der Waals surface area contributed by atoms with Crippen molar-refractivity contribution in [2.24, 2.45) is 5.92 Å². The minimum absolute atomic E-state index is 0.0731. The second-order valence-corrected chi connectivity index (χ2v) is 5.67. The summed E-state index contributed by atoms with van der Waals surface area (Å²) in [7, 11) is 1.47. The van der Waals surface area contributed by atoms with Crippen LogP contribution in [0.1, 0.15) is 33.1 Å². The van der Waals surface area contributed by atoms with Crippen molar-refractivity contribution in [3.8, 4) is 0 Å². The third kappa shape index (κ3) is 5.90. The molecule has 0 saturated heterocycles. The Balaban J connectivity index is 2.41. The highest BCUT2D eigenvalue weighted by Crippen LogP contribution is 2.18. The Hall–Kier alpha value is -1.79. The number of nitrogens with one attached hydrogen (secondary N) is 2. The van der Waals surface area contributed by atoms with Gasteiger partial charge in [0.2, 0.25) is 5.91 Å². The molecule has 3 N–H and O–H groups in total. The Morgan fingerprint density at radius 2 is 1.90 bits per heavy atom. The Bertz CT molecular complexity index is 380. The van der Waals surface area contributed by atoms with Gasteiger partial charge in [0.05, 0.1) is 0 Å². The molecule has 0 bridgehead atoms. The van der Waals surface area contributed by atoms with Gasteiger partial charge in [-0.25, -0.2) is 9.59 Å². The lowest BCUT2D eigenvalue weighted by Crippen LogP contribution is -2.49. The van der Waals surface area contributed by atoms with Gasteiger partial charge in [0.15, 0.2) is 0 Å². The van der Waals surface area contributed by atoms with Crippen LogP contribution >= 0.6 is 0 Å². The Morgan fingerprint density at radius 1 is 1.30 bits per heavy atom. The SMILES string of the molecule is CC(C)CC(NC(=O)N(C)CC(=O)NC1CC1)C(=O)O. The molecule has 0 aromatic heterocycles. The maximum atomic E-state index is 11.8. The van der Waals surface area contributed by atoms with Crippen molar-refractivity contribution in [2.75, 3.05) is 13.6 Å². The number of carbonyl (C=O) groups is 3. The number of hydrogen-bond acceptors (Lipinski definition) is 3. The first kappa shape index (κ1) is 16.3. The van der Waals surface area contributed by atoms with Crippen molar-refractivity contribution >= 4 is 17.9 Å². The Kier molecular flexibility index (Phi) is 5.79. The zero-order valence-electron chi connectivity index (χ0n) is 12.2. The number of nitrogens with zero attached hydrogens (tertiary/aromatic N) is 1. The van der Waals surface area contributed by atoms with E-state index in [-0.39, 0.29) is 24.4 Å². The van der Waals surface area contributed by atoms with E-state index in [0.29, 0.717) is 6.42 Å². The first-order chi connectivity index (χ1) is 9.29. The molecule has 7 heteroatoms. The van der Waals surface area contributed by atoms with Crippen molar-refractivity contribution in [3.05, 3.63) is 0 Å². The van der Waals surface area contributed by atoms with E-state index in [0.717, 1.165) is 12.8 Å². The number of rotatable bonds is 7. The number of urea groups is 1. The van der Waals surface area contributed by atoms with Crippen molar-refractivity contribution in [1.82, 2.24) is 15.5 Å². The molecule has 1 aliphatic carbocycles. The summed E-state index contributed by atoms with van der Waals surface area (Å²) in [6.45, 7) is 3.69. The average molecular weight is 285 g/mol. The predicted molar refractivity (Wildman–Crippen MR) is 73.2 cm³/mol. The lowest BCUT2D eigenvalue weighted by molar-refractivity contribution is -0.139. The molecule has 20 heavy (non-hydrogen) atoms. The number of carboxylic acids is 1. The third-order valence-corrected chi connectivity index (χ3v) is 2.97. The van der Waals surface area contributed by atoms with Crippen LogP contribution in [-0.2, 0) is 9.59 Å². The van der Waals surface area contributed by atoms with Crippen molar-refractivity contribution in [1.29, 1.82) is 0 Å². The predicted octanol–water partition coefficient (Wildman–Crippen LogP) is 0.406. The summed E-state index contributed by atoms with van der Waals surface area (Å²) in [5.41, 5.74) is 0. The maximum absolute atomic E-state index is 11.8. The first-order valence-corrected chi connectivity index (χ1v) is 6.83. The van der Waals surface area contributed by atoms with Gasteiger partial charge in [-0.1, -0.05) is 13.8 Å². The van der Waals surface area contributed by atoms with Gasteiger partial charge in [-0.3, -0.25) is 4.79 Å². The van der Waals surface area contributed by atoms with E-state index in [1.165, 1.54) is 11.9 Å². The highest BCUT2D eigenvalue weighted by atomic mass is 16.4. The molecule has 114 valence electrons. The summed E-state index contributed by atoms with van der Waals surface area (Å²) in [6.07, 6.45) is 2.32. The van der Waals surface area contributed by atoms with Crippen LogP contribution in [0.5, 0.6) is 0 Å². The normalized spacial score (nSPS) is 15.6. The standard InChI is InChI=1S/C13H23N3O4/c1-8(2)6-10(12(18)19)15-13(20)16(3)7-11(17)14-9-4-5-9/h8-10H,4-7H2,1-3H3,(H,14,17)(H,15,20)(H,18,19). The van der Waals surface area contributed by atoms with Crippen LogP contribution in [0.4, 0.5) is 4.79 Å². The summed E-state index contributed by atoms with van der Waals surface area (Å²) in [5, 5.41) is 14.2. The second kappa shape index (κ2) is 7.12. The van der Waals surface area contributed by atoms with Crippen LogP contribution < -0.4 is 10.6 Å². The summed E-state index contributed by atoms with van der Waals surface area (Å²) in [4.78, 5) is 35.6. The van der Waals surface area contributed by atoms with Crippen LogP contribution in [0.25, 0.3) is 0 Å². The molecule has 0 heterocycles. The van der Waals surface area contributed by atoms with Gasteiger partial charge in [-0.05, 0) is 25.2 Å². The lowest BCUT2D eigenvalue weighted by Gasteiger charge is -2.22. The fourth-order valence-electron chi connectivity index (χ4n) is 1.74. The van der Waals surface area contributed by atoms with Crippen molar-refractivity contribution in [2.45, 2.75) is 45.2 Å². The number of carbonyl (C=O) groups excluding carboxylic acids is 2. The summed E-state index contributed by atoms with van der Waals surface area (Å²) < 4.78 is 0. The van der Waals surface area contributed by atoms with Gasteiger partial charge in [-0.15, -0.1) is 0 Å². The smallest absolute Gasteiger partial charge is 0.326 e. The number of amides is 3. The van der Waals surface area contributed by atoms with Crippen LogP contribution in [0.2, 0.25) is 0 Å². The molecule has 7 nitrogen and oxygen atoms in total. The number of aliphatic carboxylic acids is 1. The molecule has 0 radical (unpaired) electrons. The van der Waals surface area contributed by atoms with Crippen LogP contribution in [0.15, 0.2) is 0 Å². The van der Waals surface area contributed by atoms with E-state index in [9.17, 15) is 14.4 Å². The van der Waals surface area contributed by atoms with E-state index in [2.05, 4.69) is 10.6 Å². The first-order valence-electron chi connectivity index (χ1n) is 6.83. The van der Waals surface area contributed by atoms with Crippen molar-refractivity contribution in [3.63, 3.8) is 0 Å². The fraction of sp³-hybridized carbons (Fsp3) is 0.769. The monoisotopic (exact) mass is 285 g/mol. The molecule has 0 spiro atoms. The highest BCUT2D eigenvalue weighted by Gasteiger charge is 2.26. The summed E-state index contributed by atoms with van der Waals surface area (Å²) >= 11 is 0. The largest absolute Gasteiger partial charge is 0.480 e. The minimum atomic E-state index is -1.07. The molecule has 0 aromatic carbocycles. The summed E-state index contributed by atoms with van der Waals surface area (Å²) in [6, 6.07) is -1.24. The number of carboxylic acid groups (broad SMARTS) is 1. The molecule has 1 atom stereocenters. The van der Waals surface area contributed by atoms with Gasteiger partial charge in [-0.2, -0.15) is 0 Å². The molecule has 1 aliphatic rings. The van der Waals surface area contributed by atoms with Gasteiger partial charge in [0.25, 0.3) is 0 Å². The zero-order valence-corrected chi connectivity index (χ0v) is 12.2. The molecule has 0 aliphatic heterocycles. The molecule has 1 unspecified atom stereocenters. The van der Waals surface area contributed by atoms with E-state index in [4.69, 9.17) is 5.11 Å². The fourth-order valence-corrected chi connectivity index (χ4v) is 1.74. The molecular formula is C13H23N3O4. The topological polar surface area (TPSA) is 98.7 Å². The minimum Gasteiger partial charge on any atom is -0.480 e. The van der Waals surface area contributed by atoms with Crippen LogP contribution in [-0.4, -0.2) is 53.6 Å². The van der Waals surface area contributed by atoms with E-state index < -0.39 is 18.0 Å². The highest BCUT2D eigenvalue weighted by molar-refractivity contribution is 5.86. The van der Waals surface area contributed by atoms with E-state index in [1.807, 2.05) is 13.8 Å².